The monoisotopic (exact) mass is 289 g/mol. The van der Waals surface area contributed by atoms with Gasteiger partial charge in [0, 0.05) is 6.54 Å². The van der Waals surface area contributed by atoms with Gasteiger partial charge in [0.1, 0.15) is 0 Å². The highest BCUT2D eigenvalue weighted by Gasteiger charge is 2.26. The summed E-state index contributed by atoms with van der Waals surface area (Å²) < 4.78 is 1.54. The predicted octanol–water partition coefficient (Wildman–Crippen LogP) is 3.12. The van der Waals surface area contributed by atoms with Crippen LogP contribution in [-0.4, -0.2) is 24.0 Å². The quantitative estimate of drug-likeness (QED) is 0.489. The zero-order chi connectivity index (χ0) is 9.26. The first kappa shape index (κ1) is 9.71. The van der Waals surface area contributed by atoms with Gasteiger partial charge < -0.3 is 0 Å². The Morgan fingerprint density at radius 2 is 2.31 bits per heavy atom. The molecule has 1 fully saturated rings. The van der Waals surface area contributed by atoms with Crippen LogP contribution in [0.1, 0.15) is 26.2 Å². The fourth-order valence-corrected chi connectivity index (χ4v) is 2.87. The summed E-state index contributed by atoms with van der Waals surface area (Å²) in [6.07, 6.45) is 8.66. The second-order valence-electron chi connectivity index (χ2n) is 3.81. The summed E-state index contributed by atoms with van der Waals surface area (Å²) in [4.78, 5) is 2.61. The largest absolute Gasteiger partial charge is 0.293 e. The van der Waals surface area contributed by atoms with Gasteiger partial charge in [0.05, 0.1) is 6.04 Å². The van der Waals surface area contributed by atoms with Crippen LogP contribution >= 0.6 is 22.6 Å². The lowest BCUT2D eigenvalue weighted by Gasteiger charge is -2.38. The van der Waals surface area contributed by atoms with Gasteiger partial charge in [-0.15, -0.1) is 0 Å². The van der Waals surface area contributed by atoms with E-state index in [0.717, 1.165) is 0 Å². The molecule has 1 saturated heterocycles. The molecule has 0 saturated carbocycles. The Morgan fingerprint density at radius 1 is 1.46 bits per heavy atom. The molecule has 1 unspecified atom stereocenters. The molecule has 0 radical (unpaired) electrons. The zero-order valence-corrected chi connectivity index (χ0v) is 10.3. The Morgan fingerprint density at radius 3 is 3.08 bits per heavy atom. The van der Waals surface area contributed by atoms with Gasteiger partial charge in [0.15, 0.2) is 0 Å². The Bertz CT molecular complexity index is 255. The van der Waals surface area contributed by atoms with Gasteiger partial charge in [-0.25, -0.2) is 0 Å². The van der Waals surface area contributed by atoms with Crippen molar-refractivity contribution in [2.75, 3.05) is 13.1 Å². The molecule has 1 atom stereocenters. The van der Waals surface area contributed by atoms with Crippen LogP contribution in [0.15, 0.2) is 21.3 Å². The molecule has 0 N–H and O–H groups in total. The maximum absolute atomic E-state index is 2.61. The Balaban J connectivity index is 2.23. The number of halogens is 1. The lowest BCUT2D eigenvalue weighted by atomic mass is 9.92. The highest BCUT2D eigenvalue weighted by Crippen LogP contribution is 2.30. The number of rotatable bonds is 0. The van der Waals surface area contributed by atoms with Crippen molar-refractivity contribution >= 4 is 22.6 Å². The van der Waals surface area contributed by atoms with E-state index in [4.69, 9.17) is 0 Å². The topological polar surface area (TPSA) is 3.24 Å². The first-order chi connectivity index (χ1) is 6.31. The fourth-order valence-electron chi connectivity index (χ4n) is 2.29. The van der Waals surface area contributed by atoms with E-state index in [1.807, 2.05) is 0 Å². The van der Waals surface area contributed by atoms with Crippen LogP contribution in [0.3, 0.4) is 0 Å². The summed E-state index contributed by atoms with van der Waals surface area (Å²) in [6.45, 7) is 4.73. The summed E-state index contributed by atoms with van der Waals surface area (Å²) in [6, 6.07) is 0.638. The van der Waals surface area contributed by atoms with E-state index in [2.05, 4.69) is 46.6 Å². The molecular formula is C11H16IN. The molecule has 0 spiro atoms. The molecule has 0 aromatic carbocycles. The molecule has 13 heavy (non-hydrogen) atoms. The summed E-state index contributed by atoms with van der Waals surface area (Å²) in [5.41, 5.74) is 1.63. The SMILES string of the molecule is C/C=C1/CCCN2CCC(I)=CC12. The van der Waals surface area contributed by atoms with Crippen LogP contribution in [0.2, 0.25) is 0 Å². The van der Waals surface area contributed by atoms with Crippen LogP contribution in [0.5, 0.6) is 0 Å². The molecule has 2 heteroatoms. The summed E-state index contributed by atoms with van der Waals surface area (Å²) in [5, 5.41) is 0. The zero-order valence-electron chi connectivity index (χ0n) is 8.09. The minimum atomic E-state index is 0.638. The molecule has 72 valence electrons. The van der Waals surface area contributed by atoms with Gasteiger partial charge in [-0.3, -0.25) is 4.90 Å². The summed E-state index contributed by atoms with van der Waals surface area (Å²) in [5.74, 6) is 0. The van der Waals surface area contributed by atoms with E-state index in [1.165, 1.54) is 32.4 Å². The molecule has 2 aliphatic rings. The van der Waals surface area contributed by atoms with Gasteiger partial charge in [-0.05, 0) is 58.9 Å². The number of hydrogen-bond acceptors (Lipinski definition) is 1. The Kier molecular flexibility index (Phi) is 3.09. The summed E-state index contributed by atoms with van der Waals surface area (Å²) in [7, 11) is 0. The molecule has 0 aliphatic carbocycles. The van der Waals surface area contributed by atoms with Crippen molar-refractivity contribution in [3.63, 3.8) is 0 Å². The predicted molar refractivity (Wildman–Crippen MR) is 65.1 cm³/mol. The second-order valence-corrected chi connectivity index (χ2v) is 5.20. The molecule has 2 aliphatic heterocycles. The summed E-state index contributed by atoms with van der Waals surface area (Å²) >= 11 is 2.48. The molecular weight excluding hydrogens is 273 g/mol. The molecule has 0 bridgehead atoms. The third-order valence-corrected chi connectivity index (χ3v) is 3.93. The molecule has 1 nitrogen and oxygen atoms in total. The lowest BCUT2D eigenvalue weighted by Crippen LogP contribution is -2.42. The highest BCUT2D eigenvalue weighted by molar-refractivity contribution is 14.1. The van der Waals surface area contributed by atoms with Gasteiger partial charge in [-0.1, -0.05) is 17.7 Å². The minimum Gasteiger partial charge on any atom is -0.293 e. The highest BCUT2D eigenvalue weighted by atomic mass is 127. The van der Waals surface area contributed by atoms with Gasteiger partial charge in [0.2, 0.25) is 0 Å². The van der Waals surface area contributed by atoms with Gasteiger partial charge >= 0.3 is 0 Å². The third-order valence-electron chi connectivity index (χ3n) is 3.03. The van der Waals surface area contributed by atoms with E-state index >= 15 is 0 Å². The number of hydrogen-bond donors (Lipinski definition) is 0. The van der Waals surface area contributed by atoms with Crippen molar-refractivity contribution in [3.05, 3.63) is 21.3 Å². The van der Waals surface area contributed by atoms with E-state index < -0.39 is 0 Å². The third kappa shape index (κ3) is 1.99. The first-order valence-corrected chi connectivity index (χ1v) is 6.14. The van der Waals surface area contributed by atoms with Crippen molar-refractivity contribution in [2.24, 2.45) is 0 Å². The number of piperidine rings is 1. The average molecular weight is 289 g/mol. The van der Waals surface area contributed by atoms with Crippen molar-refractivity contribution in [3.8, 4) is 0 Å². The normalized spacial score (nSPS) is 32.9. The van der Waals surface area contributed by atoms with Crippen LogP contribution in [-0.2, 0) is 0 Å². The number of fused-ring (bicyclic) bond motifs is 1. The van der Waals surface area contributed by atoms with Gasteiger partial charge in [0.25, 0.3) is 0 Å². The maximum atomic E-state index is 2.61. The van der Waals surface area contributed by atoms with E-state index in [0.29, 0.717) is 6.04 Å². The standard InChI is InChI=1S/C11H16IN/c1-2-9-4-3-6-13-7-5-10(12)8-11(9)13/h2,8,11H,3-7H2,1H3/b9-2-. The molecule has 2 heterocycles. The molecule has 0 aromatic heterocycles. The number of allylic oxidation sites excluding steroid dienone is 1. The Labute approximate surface area is 94.0 Å². The smallest absolute Gasteiger partial charge is 0.0501 e. The van der Waals surface area contributed by atoms with Crippen LogP contribution < -0.4 is 0 Å². The van der Waals surface area contributed by atoms with E-state index in [9.17, 15) is 0 Å². The van der Waals surface area contributed by atoms with Gasteiger partial charge in [-0.2, -0.15) is 0 Å². The number of nitrogens with zero attached hydrogens (tertiary/aromatic N) is 1. The Hall–Kier alpha value is 0.170. The van der Waals surface area contributed by atoms with Crippen molar-refractivity contribution in [1.82, 2.24) is 4.90 Å². The second kappa shape index (κ2) is 4.13. The molecule has 2 rings (SSSR count). The fraction of sp³-hybridized carbons (Fsp3) is 0.636. The van der Waals surface area contributed by atoms with Crippen LogP contribution in [0.4, 0.5) is 0 Å². The first-order valence-electron chi connectivity index (χ1n) is 5.06. The average Bonchev–Trinajstić information content (AvgIpc) is 2.17. The van der Waals surface area contributed by atoms with Crippen molar-refractivity contribution in [1.29, 1.82) is 0 Å². The van der Waals surface area contributed by atoms with Crippen molar-refractivity contribution in [2.45, 2.75) is 32.2 Å². The van der Waals surface area contributed by atoms with Crippen molar-refractivity contribution < 1.29 is 0 Å². The molecule has 0 amide bonds. The minimum absolute atomic E-state index is 0.638. The van der Waals surface area contributed by atoms with Crippen LogP contribution in [0.25, 0.3) is 0 Å². The van der Waals surface area contributed by atoms with E-state index in [1.54, 1.807) is 9.15 Å². The maximum Gasteiger partial charge on any atom is 0.0501 e. The van der Waals surface area contributed by atoms with Crippen LogP contribution in [0, 0.1) is 0 Å². The van der Waals surface area contributed by atoms with E-state index in [-0.39, 0.29) is 0 Å². The molecule has 0 aromatic rings. The lowest BCUT2D eigenvalue weighted by molar-refractivity contribution is 0.215.